The maximum absolute atomic E-state index is 3.42. The lowest BCUT2D eigenvalue weighted by Gasteiger charge is -2.15. The van der Waals surface area contributed by atoms with E-state index in [9.17, 15) is 0 Å². The van der Waals surface area contributed by atoms with Crippen LogP contribution < -0.4 is 0 Å². The molecule has 0 radical (unpaired) electrons. The summed E-state index contributed by atoms with van der Waals surface area (Å²) < 4.78 is 0. The molecule has 0 bridgehead atoms. The van der Waals surface area contributed by atoms with Crippen molar-refractivity contribution in [3.8, 4) is 11.5 Å². The quantitative estimate of drug-likeness (QED) is 0.452. The van der Waals surface area contributed by atoms with Crippen LogP contribution in [0.5, 0.6) is 0 Å². The highest BCUT2D eigenvalue weighted by molar-refractivity contribution is 6.70. The minimum absolute atomic E-state index is 0.794. The Morgan fingerprint density at radius 1 is 1.08 bits per heavy atom. The first-order chi connectivity index (χ1) is 5.59. The van der Waals surface area contributed by atoms with Gasteiger partial charge in [-0.25, -0.2) is 0 Å². The molecule has 0 rings (SSSR count). The third kappa shape index (κ3) is 4.41. The molecule has 0 atom stereocenters. The second-order valence-corrected chi connectivity index (χ2v) is 7.81. The van der Waals surface area contributed by atoms with Crippen LogP contribution in [0, 0.1) is 11.5 Å². The van der Waals surface area contributed by atoms with E-state index in [0.29, 0.717) is 0 Å². The van der Waals surface area contributed by atoms with Gasteiger partial charge in [0.25, 0.3) is 0 Å². The second kappa shape index (κ2) is 6.08. The zero-order chi connectivity index (χ0) is 9.56. The zero-order valence-corrected chi connectivity index (χ0v) is 10.0. The number of rotatable bonds is 2. The molecule has 12 heavy (non-hydrogen) atoms. The largest absolute Gasteiger partial charge is 0.130 e. The molecule has 0 aromatic carbocycles. The molecule has 0 aromatic rings. The van der Waals surface area contributed by atoms with E-state index >= 15 is 0 Å². The Morgan fingerprint density at radius 2 is 1.58 bits per heavy atom. The molecule has 0 amide bonds. The highest BCUT2D eigenvalue weighted by Gasteiger charge is 2.16. The Bertz CT molecular complexity index is 183. The topological polar surface area (TPSA) is 0 Å². The first-order valence-electron chi connectivity index (χ1n) is 4.71. The standard InChI is InChI=1S/C11H20Si/c1-6-7-8-9-12(10(2)3)11(4)5/h6-7,10-12H,1-5H3/b7-6+. The van der Waals surface area contributed by atoms with Crippen molar-refractivity contribution in [2.24, 2.45) is 0 Å². The van der Waals surface area contributed by atoms with Crippen LogP contribution in [-0.4, -0.2) is 8.80 Å². The van der Waals surface area contributed by atoms with Crippen LogP contribution in [-0.2, 0) is 0 Å². The fourth-order valence-electron chi connectivity index (χ4n) is 1.33. The zero-order valence-electron chi connectivity index (χ0n) is 8.89. The Balaban J connectivity index is 4.26. The van der Waals surface area contributed by atoms with Crippen molar-refractivity contribution in [3.63, 3.8) is 0 Å². The number of allylic oxidation sites excluding steroid dienone is 2. The lowest BCUT2D eigenvalue weighted by Crippen LogP contribution is -2.18. The summed E-state index contributed by atoms with van der Waals surface area (Å²) in [7, 11) is -0.824. The molecule has 0 saturated heterocycles. The summed E-state index contributed by atoms with van der Waals surface area (Å²) in [4.78, 5) is 0. The van der Waals surface area contributed by atoms with Crippen LogP contribution in [0.15, 0.2) is 12.2 Å². The van der Waals surface area contributed by atoms with Crippen LogP contribution in [0.1, 0.15) is 34.6 Å². The lowest BCUT2D eigenvalue weighted by molar-refractivity contribution is 0.954. The third-order valence-electron chi connectivity index (χ3n) is 1.94. The van der Waals surface area contributed by atoms with Gasteiger partial charge in [-0.2, -0.15) is 0 Å². The molecule has 68 valence electrons. The summed E-state index contributed by atoms with van der Waals surface area (Å²) in [6.07, 6.45) is 3.95. The van der Waals surface area contributed by atoms with E-state index in [1.54, 1.807) is 0 Å². The van der Waals surface area contributed by atoms with E-state index < -0.39 is 8.80 Å². The third-order valence-corrected chi connectivity index (χ3v) is 5.31. The molecular formula is C11H20Si. The van der Waals surface area contributed by atoms with E-state index in [0.717, 1.165) is 11.1 Å². The van der Waals surface area contributed by atoms with Crippen molar-refractivity contribution >= 4 is 8.80 Å². The lowest BCUT2D eigenvalue weighted by atomic mass is 10.5. The summed E-state index contributed by atoms with van der Waals surface area (Å²) in [6, 6.07) is 0. The van der Waals surface area contributed by atoms with Crippen molar-refractivity contribution < 1.29 is 0 Å². The van der Waals surface area contributed by atoms with Crippen molar-refractivity contribution in [2.75, 3.05) is 0 Å². The van der Waals surface area contributed by atoms with Crippen LogP contribution in [0.2, 0.25) is 11.1 Å². The average molecular weight is 180 g/mol. The van der Waals surface area contributed by atoms with E-state index in [4.69, 9.17) is 0 Å². The molecule has 0 nitrogen and oxygen atoms in total. The van der Waals surface area contributed by atoms with E-state index in [-0.39, 0.29) is 0 Å². The SMILES string of the molecule is C/C=C/C#C[SiH](C(C)C)C(C)C. The fraction of sp³-hybridized carbons (Fsp3) is 0.636. The smallest absolute Gasteiger partial charge is 0.128 e. The van der Waals surface area contributed by atoms with Gasteiger partial charge in [0.05, 0.1) is 0 Å². The Labute approximate surface area is 78.7 Å². The van der Waals surface area contributed by atoms with Crippen molar-refractivity contribution in [2.45, 2.75) is 45.7 Å². The summed E-state index contributed by atoms with van der Waals surface area (Å²) in [5, 5.41) is 0. The molecule has 0 saturated carbocycles. The number of hydrogen-bond donors (Lipinski definition) is 0. The van der Waals surface area contributed by atoms with E-state index in [2.05, 4.69) is 39.2 Å². The summed E-state index contributed by atoms with van der Waals surface area (Å²) in [6.45, 7) is 11.2. The maximum Gasteiger partial charge on any atom is 0.128 e. The first kappa shape index (κ1) is 11.5. The van der Waals surface area contributed by atoms with Gasteiger partial charge in [-0.1, -0.05) is 39.7 Å². The van der Waals surface area contributed by atoms with Gasteiger partial charge in [-0.3, -0.25) is 0 Å². The number of hydrogen-bond acceptors (Lipinski definition) is 0. The van der Waals surface area contributed by atoms with Gasteiger partial charge >= 0.3 is 0 Å². The Morgan fingerprint density at radius 3 is 1.92 bits per heavy atom. The van der Waals surface area contributed by atoms with Gasteiger partial charge < -0.3 is 0 Å². The molecule has 0 unspecified atom stereocenters. The summed E-state index contributed by atoms with van der Waals surface area (Å²) >= 11 is 0. The summed E-state index contributed by atoms with van der Waals surface area (Å²) in [5.41, 5.74) is 5.01. The highest BCUT2D eigenvalue weighted by Crippen LogP contribution is 2.18. The fourth-order valence-corrected chi connectivity index (χ4v) is 3.83. The average Bonchev–Trinajstić information content (AvgIpc) is 1.96. The van der Waals surface area contributed by atoms with Gasteiger partial charge in [-0.15, -0.1) is 5.54 Å². The van der Waals surface area contributed by atoms with Crippen LogP contribution in [0.4, 0.5) is 0 Å². The van der Waals surface area contributed by atoms with Crippen LogP contribution in [0.3, 0.4) is 0 Å². The molecule has 0 spiro atoms. The van der Waals surface area contributed by atoms with Crippen molar-refractivity contribution in [1.29, 1.82) is 0 Å². The summed E-state index contributed by atoms with van der Waals surface area (Å²) in [5.74, 6) is 3.13. The molecule has 0 aliphatic carbocycles. The molecule has 0 aliphatic heterocycles. The second-order valence-electron chi connectivity index (χ2n) is 3.80. The first-order valence-corrected chi connectivity index (χ1v) is 6.62. The molecule has 0 aliphatic rings. The van der Waals surface area contributed by atoms with E-state index in [1.807, 2.05) is 19.1 Å². The molecule has 1 heteroatoms. The highest BCUT2D eigenvalue weighted by atomic mass is 28.3. The van der Waals surface area contributed by atoms with Crippen molar-refractivity contribution in [1.82, 2.24) is 0 Å². The van der Waals surface area contributed by atoms with Crippen molar-refractivity contribution in [3.05, 3.63) is 12.2 Å². The predicted octanol–water partition coefficient (Wildman–Crippen LogP) is 3.15. The normalized spacial score (nSPS) is 11.3. The molecular weight excluding hydrogens is 160 g/mol. The Hall–Kier alpha value is -0.483. The van der Waals surface area contributed by atoms with Crippen LogP contribution in [0.25, 0.3) is 0 Å². The molecule has 0 aromatic heterocycles. The molecule has 0 N–H and O–H groups in total. The minimum Gasteiger partial charge on any atom is -0.130 e. The van der Waals surface area contributed by atoms with E-state index in [1.165, 1.54) is 0 Å². The molecule has 0 heterocycles. The Kier molecular flexibility index (Phi) is 5.83. The van der Waals surface area contributed by atoms with Gasteiger partial charge in [0.2, 0.25) is 0 Å². The van der Waals surface area contributed by atoms with Gasteiger partial charge in [0.15, 0.2) is 0 Å². The maximum atomic E-state index is 3.42. The predicted molar refractivity (Wildman–Crippen MR) is 59.9 cm³/mol. The van der Waals surface area contributed by atoms with Gasteiger partial charge in [0.1, 0.15) is 8.80 Å². The van der Waals surface area contributed by atoms with Gasteiger partial charge in [-0.05, 0) is 24.1 Å². The van der Waals surface area contributed by atoms with Gasteiger partial charge in [0, 0.05) is 0 Å². The van der Waals surface area contributed by atoms with Crippen LogP contribution >= 0.6 is 0 Å². The minimum atomic E-state index is -0.824. The molecule has 0 fully saturated rings. The monoisotopic (exact) mass is 180 g/mol.